The number of allylic oxidation sites excluding steroid dienone is 2. The number of hydrogen-bond donors (Lipinski definition) is 0. The van der Waals surface area contributed by atoms with Crippen LogP contribution in [-0.4, -0.2) is 19.5 Å². The zero-order chi connectivity index (χ0) is 23.0. The van der Waals surface area contributed by atoms with E-state index in [9.17, 15) is 8.78 Å². The van der Waals surface area contributed by atoms with Crippen molar-refractivity contribution >= 4 is 0 Å². The van der Waals surface area contributed by atoms with Crippen LogP contribution in [0.5, 0.6) is 0 Å². The Balaban J connectivity index is 1.09. The fourth-order valence-corrected chi connectivity index (χ4v) is 7.48. The van der Waals surface area contributed by atoms with E-state index in [1.165, 1.54) is 76.7 Å². The summed E-state index contributed by atoms with van der Waals surface area (Å²) in [6.45, 7) is 3.66. The topological polar surface area (TPSA) is 18.5 Å². The van der Waals surface area contributed by atoms with E-state index < -0.39 is 6.08 Å². The first-order valence-electron chi connectivity index (χ1n) is 14.0. The van der Waals surface area contributed by atoms with Gasteiger partial charge in [0.15, 0.2) is 6.29 Å². The number of ether oxygens (including phenoxy) is 2. The lowest BCUT2D eigenvalue weighted by Crippen LogP contribution is -2.32. The molecule has 1 aliphatic heterocycles. The van der Waals surface area contributed by atoms with Crippen molar-refractivity contribution in [3.8, 4) is 0 Å². The minimum Gasteiger partial charge on any atom is -0.352 e. The van der Waals surface area contributed by atoms with E-state index in [2.05, 4.69) is 19.1 Å². The summed E-state index contributed by atoms with van der Waals surface area (Å²) in [5.74, 6) is 4.96. The molecule has 0 aromatic heterocycles. The van der Waals surface area contributed by atoms with Crippen molar-refractivity contribution in [3.63, 3.8) is 0 Å². The summed E-state index contributed by atoms with van der Waals surface area (Å²) >= 11 is 0. The predicted octanol–water partition coefficient (Wildman–Crippen LogP) is 8.53. The number of rotatable bonds is 7. The van der Waals surface area contributed by atoms with Gasteiger partial charge in [-0.2, -0.15) is 8.78 Å². The van der Waals surface area contributed by atoms with Gasteiger partial charge in [-0.05, 0) is 126 Å². The molecule has 0 aromatic carbocycles. The molecule has 4 fully saturated rings. The van der Waals surface area contributed by atoms with Crippen molar-refractivity contribution in [2.24, 2.45) is 41.4 Å². The summed E-state index contributed by atoms with van der Waals surface area (Å²) < 4.78 is 36.9. The molecule has 4 aliphatic rings. The quantitative estimate of drug-likeness (QED) is 0.351. The molecule has 1 heterocycles. The first-order valence-corrected chi connectivity index (χ1v) is 14.0. The Kier molecular flexibility index (Phi) is 9.85. The van der Waals surface area contributed by atoms with Crippen molar-refractivity contribution in [2.45, 2.75) is 103 Å². The maximum absolute atomic E-state index is 12.5. The Hall–Kier alpha value is -0.740. The maximum Gasteiger partial charge on any atom is 0.266 e. The Bertz CT molecular complexity index is 612. The van der Waals surface area contributed by atoms with Gasteiger partial charge >= 0.3 is 0 Å². The van der Waals surface area contributed by atoms with Crippen molar-refractivity contribution in [1.29, 1.82) is 0 Å². The van der Waals surface area contributed by atoms with Crippen LogP contribution in [0.2, 0.25) is 0 Å². The molecule has 0 radical (unpaired) electrons. The summed E-state index contributed by atoms with van der Waals surface area (Å²) in [5.41, 5.74) is 0. The second-order valence-corrected chi connectivity index (χ2v) is 11.5. The standard InChI is InChI=1S/C29H46F2O2/c1-2-3-23-19-32-29(33-20-23)17-8-21-4-9-24(10-5-21)26-13-15-27(16-14-26)25-11-6-22(7-12-25)18-28(30)31/h2-3,18,21-27,29H,4-17,19-20H2,1H3/b3-2+. The summed E-state index contributed by atoms with van der Waals surface area (Å²) in [7, 11) is 0. The third-order valence-electron chi connectivity index (χ3n) is 9.49. The SMILES string of the molecule is C/C=C/C1COC(CCC2CCC(C3CCC(C4CCC(C=C(F)F)CC4)CC3)CC2)OC1. The minimum atomic E-state index is -1.48. The van der Waals surface area contributed by atoms with Gasteiger partial charge < -0.3 is 9.47 Å². The van der Waals surface area contributed by atoms with Crippen LogP contribution in [-0.2, 0) is 9.47 Å². The number of halogens is 2. The normalized spacial score (nSPS) is 40.6. The van der Waals surface area contributed by atoms with Crippen LogP contribution in [0, 0.1) is 41.4 Å². The van der Waals surface area contributed by atoms with Gasteiger partial charge in [-0.3, -0.25) is 0 Å². The molecule has 4 heteroatoms. The highest BCUT2D eigenvalue weighted by Crippen LogP contribution is 2.46. The summed E-state index contributed by atoms with van der Waals surface area (Å²) in [4.78, 5) is 0. The molecule has 4 rings (SSSR count). The predicted molar refractivity (Wildman–Crippen MR) is 130 cm³/mol. The van der Waals surface area contributed by atoms with Crippen LogP contribution >= 0.6 is 0 Å². The molecule has 33 heavy (non-hydrogen) atoms. The molecule has 3 saturated carbocycles. The minimum absolute atomic E-state index is 0.0154. The van der Waals surface area contributed by atoms with Crippen LogP contribution in [0.15, 0.2) is 24.3 Å². The van der Waals surface area contributed by atoms with E-state index in [1.807, 2.05) is 0 Å². The number of hydrogen-bond acceptors (Lipinski definition) is 2. The average molecular weight is 465 g/mol. The van der Waals surface area contributed by atoms with Crippen LogP contribution < -0.4 is 0 Å². The molecular weight excluding hydrogens is 418 g/mol. The van der Waals surface area contributed by atoms with Crippen LogP contribution in [0.25, 0.3) is 0 Å². The highest BCUT2D eigenvalue weighted by molar-refractivity contribution is 4.93. The summed E-state index contributed by atoms with van der Waals surface area (Å²) in [5, 5.41) is 0. The Morgan fingerprint density at radius 2 is 1.15 bits per heavy atom. The summed E-state index contributed by atoms with van der Waals surface area (Å²) in [6, 6.07) is 0. The Morgan fingerprint density at radius 1 is 0.667 bits per heavy atom. The summed E-state index contributed by atoms with van der Waals surface area (Å²) in [6.07, 6.45) is 21.8. The molecule has 0 atom stereocenters. The molecule has 3 aliphatic carbocycles. The highest BCUT2D eigenvalue weighted by Gasteiger charge is 2.34. The molecule has 188 valence electrons. The van der Waals surface area contributed by atoms with Crippen molar-refractivity contribution < 1.29 is 18.3 Å². The van der Waals surface area contributed by atoms with E-state index in [-0.39, 0.29) is 12.2 Å². The van der Waals surface area contributed by atoms with Crippen molar-refractivity contribution in [3.05, 3.63) is 24.3 Å². The molecule has 0 amide bonds. The van der Waals surface area contributed by atoms with Crippen LogP contribution in [0.1, 0.15) is 96.8 Å². The fraction of sp³-hybridized carbons (Fsp3) is 0.862. The van der Waals surface area contributed by atoms with E-state index in [0.717, 1.165) is 62.1 Å². The molecule has 2 nitrogen and oxygen atoms in total. The second-order valence-electron chi connectivity index (χ2n) is 11.5. The van der Waals surface area contributed by atoms with Crippen LogP contribution in [0.4, 0.5) is 8.78 Å². The van der Waals surface area contributed by atoms with Crippen LogP contribution in [0.3, 0.4) is 0 Å². The second kappa shape index (κ2) is 12.8. The van der Waals surface area contributed by atoms with Gasteiger partial charge in [0.1, 0.15) is 0 Å². The molecule has 0 unspecified atom stereocenters. The maximum atomic E-state index is 12.5. The third kappa shape index (κ3) is 7.62. The lowest BCUT2D eigenvalue weighted by atomic mass is 9.65. The molecule has 0 bridgehead atoms. The Morgan fingerprint density at radius 3 is 1.64 bits per heavy atom. The van der Waals surface area contributed by atoms with Gasteiger partial charge in [0.05, 0.1) is 13.2 Å². The van der Waals surface area contributed by atoms with Crippen molar-refractivity contribution in [2.75, 3.05) is 13.2 Å². The van der Waals surface area contributed by atoms with E-state index in [0.29, 0.717) is 5.92 Å². The lowest BCUT2D eigenvalue weighted by molar-refractivity contribution is -0.197. The van der Waals surface area contributed by atoms with Gasteiger partial charge in [-0.25, -0.2) is 0 Å². The molecular formula is C29H46F2O2. The molecule has 0 aromatic rings. The highest BCUT2D eigenvalue weighted by atomic mass is 19.3. The van der Waals surface area contributed by atoms with Gasteiger partial charge in [-0.15, -0.1) is 0 Å². The molecule has 0 N–H and O–H groups in total. The zero-order valence-corrected chi connectivity index (χ0v) is 20.7. The Labute approximate surface area is 200 Å². The third-order valence-corrected chi connectivity index (χ3v) is 9.49. The van der Waals surface area contributed by atoms with Crippen molar-refractivity contribution in [1.82, 2.24) is 0 Å². The first kappa shape index (κ1) is 25.4. The smallest absolute Gasteiger partial charge is 0.266 e. The van der Waals surface area contributed by atoms with Gasteiger partial charge in [0.25, 0.3) is 6.08 Å². The lowest BCUT2D eigenvalue weighted by Gasteiger charge is -2.41. The van der Waals surface area contributed by atoms with Gasteiger partial charge in [0, 0.05) is 5.92 Å². The average Bonchev–Trinajstić information content (AvgIpc) is 2.84. The van der Waals surface area contributed by atoms with E-state index in [4.69, 9.17) is 9.47 Å². The fourth-order valence-electron chi connectivity index (χ4n) is 7.48. The zero-order valence-electron chi connectivity index (χ0n) is 20.7. The van der Waals surface area contributed by atoms with Gasteiger partial charge in [-0.1, -0.05) is 25.0 Å². The molecule has 1 saturated heterocycles. The first-order chi connectivity index (χ1) is 16.1. The monoisotopic (exact) mass is 464 g/mol. The molecule has 0 spiro atoms. The largest absolute Gasteiger partial charge is 0.352 e. The van der Waals surface area contributed by atoms with Gasteiger partial charge in [0.2, 0.25) is 0 Å². The van der Waals surface area contributed by atoms with E-state index in [1.54, 1.807) is 0 Å². The van der Waals surface area contributed by atoms with E-state index >= 15 is 0 Å².